The highest BCUT2D eigenvalue weighted by Crippen LogP contribution is 2.35. The lowest BCUT2D eigenvalue weighted by Crippen LogP contribution is -2.36. The molecule has 2 heteroatoms. The molecule has 1 heterocycles. The summed E-state index contributed by atoms with van der Waals surface area (Å²) >= 11 is 0. The van der Waals surface area contributed by atoms with Crippen LogP contribution in [0.1, 0.15) is 37.3 Å². The van der Waals surface area contributed by atoms with Crippen LogP contribution in [-0.2, 0) is 11.3 Å². The van der Waals surface area contributed by atoms with E-state index in [-0.39, 0.29) is 5.54 Å². The monoisotopic (exact) mass is 219 g/mol. The molecular weight excluding hydrogens is 198 g/mol. The van der Waals surface area contributed by atoms with Crippen molar-refractivity contribution >= 4 is 0 Å². The SMILES string of the molecule is COCc1cccc(C2CCNC2(C)C)c1. The van der Waals surface area contributed by atoms with E-state index in [0.29, 0.717) is 12.5 Å². The third kappa shape index (κ3) is 2.28. The van der Waals surface area contributed by atoms with Crippen molar-refractivity contribution in [2.24, 2.45) is 0 Å². The van der Waals surface area contributed by atoms with Crippen LogP contribution >= 0.6 is 0 Å². The summed E-state index contributed by atoms with van der Waals surface area (Å²) in [6.07, 6.45) is 1.23. The van der Waals surface area contributed by atoms with Gasteiger partial charge in [-0.2, -0.15) is 0 Å². The molecule has 1 atom stereocenters. The summed E-state index contributed by atoms with van der Waals surface area (Å²) in [5, 5.41) is 3.56. The molecule has 2 rings (SSSR count). The quantitative estimate of drug-likeness (QED) is 0.844. The standard InChI is InChI=1S/C14H21NO/c1-14(2)13(7-8-15-14)12-6-4-5-11(9-12)10-16-3/h4-6,9,13,15H,7-8,10H2,1-3H3. The van der Waals surface area contributed by atoms with Gasteiger partial charge in [0.2, 0.25) is 0 Å². The van der Waals surface area contributed by atoms with E-state index in [1.54, 1.807) is 7.11 Å². The summed E-state index contributed by atoms with van der Waals surface area (Å²) < 4.78 is 5.18. The number of hydrogen-bond donors (Lipinski definition) is 1. The molecule has 2 nitrogen and oxygen atoms in total. The first-order valence-electron chi connectivity index (χ1n) is 5.96. The molecule has 0 aromatic heterocycles. The van der Waals surface area contributed by atoms with Crippen molar-refractivity contribution < 1.29 is 4.74 Å². The van der Waals surface area contributed by atoms with Gasteiger partial charge in [0.1, 0.15) is 0 Å². The van der Waals surface area contributed by atoms with E-state index >= 15 is 0 Å². The van der Waals surface area contributed by atoms with Crippen LogP contribution in [0.3, 0.4) is 0 Å². The fourth-order valence-electron chi connectivity index (χ4n) is 2.67. The van der Waals surface area contributed by atoms with Gasteiger partial charge in [-0.15, -0.1) is 0 Å². The Morgan fingerprint density at radius 1 is 1.44 bits per heavy atom. The van der Waals surface area contributed by atoms with E-state index in [2.05, 4.69) is 43.4 Å². The second kappa shape index (κ2) is 4.56. The van der Waals surface area contributed by atoms with Crippen molar-refractivity contribution in [3.05, 3.63) is 35.4 Å². The first-order valence-corrected chi connectivity index (χ1v) is 5.96. The summed E-state index contributed by atoms with van der Waals surface area (Å²) in [4.78, 5) is 0. The summed E-state index contributed by atoms with van der Waals surface area (Å²) in [5.41, 5.74) is 2.92. The third-order valence-corrected chi connectivity index (χ3v) is 3.55. The van der Waals surface area contributed by atoms with Crippen LogP contribution in [0.5, 0.6) is 0 Å². The highest BCUT2D eigenvalue weighted by molar-refractivity contribution is 5.29. The van der Waals surface area contributed by atoms with Gasteiger partial charge in [0.25, 0.3) is 0 Å². The highest BCUT2D eigenvalue weighted by Gasteiger charge is 2.34. The Labute approximate surface area is 98.0 Å². The summed E-state index contributed by atoms with van der Waals surface area (Å²) in [5.74, 6) is 0.615. The van der Waals surface area contributed by atoms with Crippen LogP contribution in [0, 0.1) is 0 Å². The van der Waals surface area contributed by atoms with Crippen LogP contribution in [0.4, 0.5) is 0 Å². The molecule has 1 aliphatic heterocycles. The van der Waals surface area contributed by atoms with Crippen molar-refractivity contribution in [2.45, 2.75) is 38.3 Å². The minimum absolute atomic E-state index is 0.214. The maximum absolute atomic E-state index is 5.18. The maximum Gasteiger partial charge on any atom is 0.0713 e. The number of methoxy groups -OCH3 is 1. The largest absolute Gasteiger partial charge is 0.380 e. The zero-order chi connectivity index (χ0) is 11.6. The average Bonchev–Trinajstić information content (AvgIpc) is 2.59. The molecule has 0 spiro atoms. The Morgan fingerprint density at radius 2 is 2.25 bits per heavy atom. The average molecular weight is 219 g/mol. The second-order valence-corrected chi connectivity index (χ2v) is 5.17. The van der Waals surface area contributed by atoms with Crippen LogP contribution in [0.15, 0.2) is 24.3 Å². The minimum atomic E-state index is 0.214. The molecule has 1 unspecified atom stereocenters. The summed E-state index contributed by atoms with van der Waals surface area (Å²) in [7, 11) is 1.74. The van der Waals surface area contributed by atoms with Crippen molar-refractivity contribution in [3.63, 3.8) is 0 Å². The van der Waals surface area contributed by atoms with E-state index in [9.17, 15) is 0 Å². The molecule has 16 heavy (non-hydrogen) atoms. The highest BCUT2D eigenvalue weighted by atomic mass is 16.5. The molecule has 0 amide bonds. The molecule has 1 N–H and O–H groups in total. The first-order chi connectivity index (χ1) is 7.63. The number of hydrogen-bond acceptors (Lipinski definition) is 2. The lowest BCUT2D eigenvalue weighted by molar-refractivity contribution is 0.185. The molecule has 0 radical (unpaired) electrons. The van der Waals surface area contributed by atoms with Crippen molar-refractivity contribution in [2.75, 3.05) is 13.7 Å². The van der Waals surface area contributed by atoms with Gasteiger partial charge in [-0.05, 0) is 37.9 Å². The fraction of sp³-hybridized carbons (Fsp3) is 0.571. The molecule has 1 aromatic rings. The van der Waals surface area contributed by atoms with Gasteiger partial charge in [-0.3, -0.25) is 0 Å². The zero-order valence-electron chi connectivity index (χ0n) is 10.4. The molecule has 1 fully saturated rings. The van der Waals surface area contributed by atoms with E-state index < -0.39 is 0 Å². The van der Waals surface area contributed by atoms with Crippen LogP contribution in [-0.4, -0.2) is 19.2 Å². The predicted molar refractivity (Wildman–Crippen MR) is 66.6 cm³/mol. The Bertz CT molecular complexity index is 360. The van der Waals surface area contributed by atoms with Gasteiger partial charge in [0, 0.05) is 18.6 Å². The van der Waals surface area contributed by atoms with Crippen molar-refractivity contribution in [1.82, 2.24) is 5.32 Å². The van der Waals surface area contributed by atoms with Gasteiger partial charge in [0.05, 0.1) is 6.61 Å². The van der Waals surface area contributed by atoms with E-state index in [0.717, 1.165) is 6.54 Å². The zero-order valence-corrected chi connectivity index (χ0v) is 10.4. The normalized spacial score (nSPS) is 23.6. The summed E-state index contributed by atoms with van der Waals surface area (Å²) in [6, 6.07) is 8.78. The van der Waals surface area contributed by atoms with Crippen molar-refractivity contribution in [3.8, 4) is 0 Å². The minimum Gasteiger partial charge on any atom is -0.380 e. The van der Waals surface area contributed by atoms with Gasteiger partial charge in [-0.1, -0.05) is 24.3 Å². The van der Waals surface area contributed by atoms with Gasteiger partial charge >= 0.3 is 0 Å². The number of rotatable bonds is 3. The molecule has 1 aromatic carbocycles. The fourth-order valence-corrected chi connectivity index (χ4v) is 2.67. The molecule has 0 aliphatic carbocycles. The van der Waals surface area contributed by atoms with E-state index in [1.165, 1.54) is 17.5 Å². The van der Waals surface area contributed by atoms with Crippen LogP contribution in [0.2, 0.25) is 0 Å². The molecule has 0 saturated carbocycles. The molecule has 1 saturated heterocycles. The second-order valence-electron chi connectivity index (χ2n) is 5.17. The molecule has 0 bridgehead atoms. The van der Waals surface area contributed by atoms with E-state index in [1.807, 2.05) is 0 Å². The summed E-state index contributed by atoms with van der Waals surface area (Å²) in [6.45, 7) is 6.39. The molecular formula is C14H21NO. The number of ether oxygens (including phenoxy) is 1. The number of nitrogens with one attached hydrogen (secondary N) is 1. The van der Waals surface area contributed by atoms with Crippen molar-refractivity contribution in [1.29, 1.82) is 0 Å². The van der Waals surface area contributed by atoms with Gasteiger partial charge in [0.15, 0.2) is 0 Å². The lowest BCUT2D eigenvalue weighted by Gasteiger charge is -2.27. The predicted octanol–water partition coefficient (Wildman–Crippen LogP) is 2.69. The van der Waals surface area contributed by atoms with Gasteiger partial charge in [-0.25, -0.2) is 0 Å². The number of benzene rings is 1. The van der Waals surface area contributed by atoms with Crippen LogP contribution < -0.4 is 5.32 Å². The molecule has 88 valence electrons. The first kappa shape index (κ1) is 11.6. The topological polar surface area (TPSA) is 21.3 Å². The Balaban J connectivity index is 2.23. The smallest absolute Gasteiger partial charge is 0.0713 e. The van der Waals surface area contributed by atoms with Gasteiger partial charge < -0.3 is 10.1 Å². The Hall–Kier alpha value is -0.860. The van der Waals surface area contributed by atoms with E-state index in [4.69, 9.17) is 4.74 Å². The third-order valence-electron chi connectivity index (χ3n) is 3.55. The Kier molecular flexibility index (Phi) is 3.31. The van der Waals surface area contributed by atoms with Crippen LogP contribution in [0.25, 0.3) is 0 Å². The molecule has 1 aliphatic rings. The Morgan fingerprint density at radius 3 is 2.88 bits per heavy atom. The lowest BCUT2D eigenvalue weighted by atomic mass is 9.83. The maximum atomic E-state index is 5.18.